The minimum absolute atomic E-state index is 0.381. The Bertz CT molecular complexity index is 475. The van der Waals surface area contributed by atoms with Crippen LogP contribution in [-0.4, -0.2) is 29.1 Å². The van der Waals surface area contributed by atoms with E-state index >= 15 is 0 Å². The molecule has 3 heteroatoms. The van der Waals surface area contributed by atoms with E-state index < -0.39 is 0 Å². The summed E-state index contributed by atoms with van der Waals surface area (Å²) in [4.78, 5) is 15.7. The van der Waals surface area contributed by atoms with Gasteiger partial charge < -0.3 is 4.90 Å². The molecular formula is C15H17NOS. The summed E-state index contributed by atoms with van der Waals surface area (Å²) in [5.74, 6) is 3.31. The smallest absolute Gasteiger partial charge is 0.226 e. The highest BCUT2D eigenvalue weighted by Crippen LogP contribution is 2.59. The largest absolute Gasteiger partial charge is 0.339 e. The molecule has 94 valence electrons. The van der Waals surface area contributed by atoms with Crippen LogP contribution >= 0.6 is 11.8 Å². The molecule has 1 saturated carbocycles. The number of rotatable bonds is 3. The van der Waals surface area contributed by atoms with E-state index in [9.17, 15) is 4.79 Å². The van der Waals surface area contributed by atoms with Gasteiger partial charge >= 0.3 is 0 Å². The number of amides is 1. The van der Waals surface area contributed by atoms with E-state index in [0.717, 1.165) is 12.3 Å². The van der Waals surface area contributed by atoms with Crippen LogP contribution in [0.25, 0.3) is 0 Å². The fourth-order valence-corrected chi connectivity index (χ4v) is 5.02. The molecule has 0 spiro atoms. The van der Waals surface area contributed by atoms with Crippen molar-refractivity contribution in [2.75, 3.05) is 12.3 Å². The lowest BCUT2D eigenvalue weighted by atomic mass is 10.1. The molecule has 2 nitrogen and oxygen atoms in total. The lowest BCUT2D eigenvalue weighted by Crippen LogP contribution is -2.33. The molecule has 1 aromatic carbocycles. The molecule has 0 radical (unpaired) electrons. The zero-order valence-corrected chi connectivity index (χ0v) is 11.1. The second-order valence-corrected chi connectivity index (χ2v) is 6.73. The molecule has 0 N–H and O–H groups in total. The second-order valence-electron chi connectivity index (χ2n) is 5.63. The maximum absolute atomic E-state index is 12.2. The molecular weight excluding hydrogens is 242 g/mol. The van der Waals surface area contributed by atoms with Gasteiger partial charge in [0.25, 0.3) is 0 Å². The summed E-state index contributed by atoms with van der Waals surface area (Å²) in [7, 11) is 0. The fourth-order valence-electron chi connectivity index (χ4n) is 3.85. The van der Waals surface area contributed by atoms with Crippen molar-refractivity contribution in [1.82, 2.24) is 4.90 Å². The van der Waals surface area contributed by atoms with E-state index in [2.05, 4.69) is 35.2 Å². The number of benzene rings is 1. The molecule has 0 bridgehead atoms. The molecule has 2 saturated heterocycles. The summed E-state index contributed by atoms with van der Waals surface area (Å²) < 4.78 is 0. The first-order valence-electron chi connectivity index (χ1n) is 6.84. The predicted molar refractivity (Wildman–Crippen MR) is 72.4 cm³/mol. The number of piperidine rings is 1. The standard InChI is InChI=1S/C15H17NOS/c17-15-14-11(9-18-10-5-2-1-3-6-10)13(14)12-7-4-8-16(12)15/h1-3,5-6,11-14H,4,7-9H2/t11-,12-,13-,14-/m0/s1. The molecule has 0 unspecified atom stereocenters. The number of hydrogen-bond donors (Lipinski definition) is 0. The Morgan fingerprint density at radius 3 is 2.94 bits per heavy atom. The number of thioether (sulfide) groups is 1. The van der Waals surface area contributed by atoms with Gasteiger partial charge in [-0.15, -0.1) is 11.8 Å². The summed E-state index contributed by atoms with van der Waals surface area (Å²) in [6.45, 7) is 1.02. The Hall–Kier alpha value is -0.960. The summed E-state index contributed by atoms with van der Waals surface area (Å²) in [6.07, 6.45) is 2.47. The predicted octanol–water partition coefficient (Wildman–Crippen LogP) is 2.65. The van der Waals surface area contributed by atoms with E-state index in [1.54, 1.807) is 0 Å². The monoisotopic (exact) mass is 259 g/mol. The van der Waals surface area contributed by atoms with E-state index in [1.165, 1.54) is 17.7 Å². The van der Waals surface area contributed by atoms with Gasteiger partial charge in [0, 0.05) is 29.2 Å². The van der Waals surface area contributed by atoms with Gasteiger partial charge in [0.1, 0.15) is 0 Å². The second kappa shape index (κ2) is 4.02. The van der Waals surface area contributed by atoms with Gasteiger partial charge in [-0.3, -0.25) is 4.79 Å². The van der Waals surface area contributed by atoms with Crippen molar-refractivity contribution in [3.63, 3.8) is 0 Å². The molecule has 0 aromatic heterocycles. The molecule has 3 aliphatic rings. The van der Waals surface area contributed by atoms with E-state index in [-0.39, 0.29) is 0 Å². The molecule has 2 heterocycles. The van der Waals surface area contributed by atoms with Crippen LogP contribution < -0.4 is 0 Å². The third-order valence-corrected chi connectivity index (χ3v) is 5.88. The highest BCUT2D eigenvalue weighted by molar-refractivity contribution is 7.99. The van der Waals surface area contributed by atoms with Gasteiger partial charge in [-0.25, -0.2) is 0 Å². The van der Waals surface area contributed by atoms with Gasteiger partial charge in [-0.2, -0.15) is 0 Å². The van der Waals surface area contributed by atoms with Crippen molar-refractivity contribution < 1.29 is 4.79 Å². The third kappa shape index (κ3) is 1.53. The molecule has 18 heavy (non-hydrogen) atoms. The molecule has 4 rings (SSSR count). The number of hydrogen-bond acceptors (Lipinski definition) is 2. The lowest BCUT2D eigenvalue weighted by Gasteiger charge is -2.20. The summed E-state index contributed by atoms with van der Waals surface area (Å²) >= 11 is 1.91. The topological polar surface area (TPSA) is 20.3 Å². The van der Waals surface area contributed by atoms with Gasteiger partial charge in [0.05, 0.1) is 0 Å². The van der Waals surface area contributed by atoms with Crippen LogP contribution in [0.5, 0.6) is 0 Å². The molecule has 1 aliphatic carbocycles. The molecule has 1 aromatic rings. The third-order valence-electron chi connectivity index (χ3n) is 4.73. The van der Waals surface area contributed by atoms with E-state index in [4.69, 9.17) is 0 Å². The van der Waals surface area contributed by atoms with Crippen molar-refractivity contribution >= 4 is 17.7 Å². The molecule has 3 fully saturated rings. The average Bonchev–Trinajstić information content (AvgIpc) is 2.77. The quantitative estimate of drug-likeness (QED) is 0.778. The summed E-state index contributed by atoms with van der Waals surface area (Å²) in [6, 6.07) is 11.1. The zero-order chi connectivity index (χ0) is 12.1. The molecule has 1 amide bonds. The maximum atomic E-state index is 12.2. The number of nitrogens with zero attached hydrogens (tertiary/aromatic N) is 1. The van der Waals surface area contributed by atoms with Crippen LogP contribution in [0.15, 0.2) is 35.2 Å². The first-order chi connectivity index (χ1) is 8.86. The van der Waals surface area contributed by atoms with Crippen LogP contribution in [0.2, 0.25) is 0 Å². The van der Waals surface area contributed by atoms with Gasteiger partial charge in [0.15, 0.2) is 0 Å². The number of fused-ring (bicyclic) bond motifs is 3. The SMILES string of the molecule is O=C1[C@H]2[C@@H](CSc3ccccc3)[C@H]2[C@@H]2CCCN12. The highest BCUT2D eigenvalue weighted by Gasteiger charge is 2.66. The minimum atomic E-state index is 0.381. The molecule has 4 atom stereocenters. The maximum Gasteiger partial charge on any atom is 0.226 e. The molecule has 2 aliphatic heterocycles. The Balaban J connectivity index is 1.40. The Kier molecular flexibility index (Phi) is 2.44. The van der Waals surface area contributed by atoms with Crippen molar-refractivity contribution in [1.29, 1.82) is 0 Å². The summed E-state index contributed by atoms with van der Waals surface area (Å²) in [5, 5.41) is 0. The van der Waals surface area contributed by atoms with Gasteiger partial charge in [0.2, 0.25) is 5.91 Å². The zero-order valence-electron chi connectivity index (χ0n) is 10.3. The number of carbonyl (C=O) groups is 1. The van der Waals surface area contributed by atoms with E-state index in [0.29, 0.717) is 29.7 Å². The van der Waals surface area contributed by atoms with Crippen LogP contribution in [0.3, 0.4) is 0 Å². The average molecular weight is 259 g/mol. The Morgan fingerprint density at radius 1 is 1.28 bits per heavy atom. The van der Waals surface area contributed by atoms with Crippen molar-refractivity contribution in [3.05, 3.63) is 30.3 Å². The first-order valence-corrected chi connectivity index (χ1v) is 7.83. The van der Waals surface area contributed by atoms with Crippen molar-refractivity contribution in [2.24, 2.45) is 17.8 Å². The van der Waals surface area contributed by atoms with Crippen molar-refractivity contribution in [3.8, 4) is 0 Å². The Labute approximate surface area is 112 Å². The van der Waals surface area contributed by atoms with Crippen molar-refractivity contribution in [2.45, 2.75) is 23.8 Å². The van der Waals surface area contributed by atoms with Crippen LogP contribution in [0.4, 0.5) is 0 Å². The van der Waals surface area contributed by atoms with Gasteiger partial charge in [-0.05, 0) is 36.8 Å². The normalized spacial score (nSPS) is 36.7. The van der Waals surface area contributed by atoms with Gasteiger partial charge in [-0.1, -0.05) is 18.2 Å². The lowest BCUT2D eigenvalue weighted by molar-refractivity contribution is -0.130. The van der Waals surface area contributed by atoms with Crippen LogP contribution in [0.1, 0.15) is 12.8 Å². The van der Waals surface area contributed by atoms with Crippen LogP contribution in [-0.2, 0) is 4.79 Å². The highest BCUT2D eigenvalue weighted by atomic mass is 32.2. The summed E-state index contributed by atoms with van der Waals surface area (Å²) in [5.41, 5.74) is 0. The first kappa shape index (κ1) is 10.9. The fraction of sp³-hybridized carbons (Fsp3) is 0.533. The minimum Gasteiger partial charge on any atom is -0.339 e. The van der Waals surface area contributed by atoms with Crippen LogP contribution in [0, 0.1) is 17.8 Å². The van der Waals surface area contributed by atoms with E-state index in [1.807, 2.05) is 11.8 Å². The number of carbonyl (C=O) groups excluding carboxylic acids is 1. The Morgan fingerprint density at radius 2 is 2.11 bits per heavy atom.